The molecule has 2 aliphatic rings. The lowest BCUT2D eigenvalue weighted by atomic mass is 9.84. The lowest BCUT2D eigenvalue weighted by Gasteiger charge is -2.35. The van der Waals surface area contributed by atoms with Crippen LogP contribution >= 0.6 is 0 Å². The largest absolute Gasteiger partial charge is 0.396 e. The Hall–Kier alpha value is -0.610. The first-order chi connectivity index (χ1) is 9.22. The Labute approximate surface area is 116 Å². The minimum atomic E-state index is -0.116. The van der Waals surface area contributed by atoms with Gasteiger partial charge in [0.15, 0.2) is 0 Å². The van der Waals surface area contributed by atoms with Crippen molar-refractivity contribution >= 4 is 5.91 Å². The van der Waals surface area contributed by atoms with Crippen LogP contribution in [0.4, 0.5) is 0 Å². The lowest BCUT2D eigenvalue weighted by molar-refractivity contribution is -0.134. The van der Waals surface area contributed by atoms with E-state index < -0.39 is 0 Å². The monoisotopic (exact) mass is 268 g/mol. The Kier molecular flexibility index (Phi) is 5.64. The maximum atomic E-state index is 12.4. The van der Waals surface area contributed by atoms with Gasteiger partial charge in [-0.2, -0.15) is 0 Å². The number of carbonyl (C=O) groups is 1. The number of rotatable bonds is 4. The van der Waals surface area contributed by atoms with E-state index in [1.165, 1.54) is 19.3 Å². The maximum Gasteiger partial charge on any atom is 0.239 e. The molecule has 110 valence electrons. The summed E-state index contributed by atoms with van der Waals surface area (Å²) in [6.45, 7) is 4.04. The predicted octanol–water partition coefficient (Wildman–Crippen LogP) is 1.53. The number of carbonyl (C=O) groups excluding carboxylic acids is 1. The predicted molar refractivity (Wildman–Crippen MR) is 75.9 cm³/mol. The molecule has 1 aliphatic carbocycles. The molecule has 19 heavy (non-hydrogen) atoms. The van der Waals surface area contributed by atoms with Crippen LogP contribution in [0.1, 0.15) is 51.9 Å². The van der Waals surface area contributed by atoms with E-state index in [-0.39, 0.29) is 18.6 Å². The molecule has 0 radical (unpaired) electrons. The Bertz CT molecular complexity index is 290. The fourth-order valence-electron chi connectivity index (χ4n) is 3.43. The Balaban J connectivity index is 1.84. The number of aliphatic hydroxyl groups excluding tert-OH is 1. The summed E-state index contributed by atoms with van der Waals surface area (Å²) < 4.78 is 0. The molecule has 0 aromatic rings. The van der Waals surface area contributed by atoms with Gasteiger partial charge in [-0.3, -0.25) is 4.79 Å². The minimum Gasteiger partial charge on any atom is -0.396 e. The van der Waals surface area contributed by atoms with Gasteiger partial charge >= 0.3 is 0 Å². The van der Waals surface area contributed by atoms with Crippen LogP contribution in [-0.4, -0.2) is 47.7 Å². The van der Waals surface area contributed by atoms with Gasteiger partial charge in [0, 0.05) is 25.7 Å². The Morgan fingerprint density at radius 2 is 1.89 bits per heavy atom. The summed E-state index contributed by atoms with van der Waals surface area (Å²) in [4.78, 5) is 14.4. The SMILES string of the molecule is CC(NC1CCCCC1CO)C(=O)N1CCCCC1. The van der Waals surface area contributed by atoms with Crippen molar-refractivity contribution in [3.8, 4) is 0 Å². The van der Waals surface area contributed by atoms with Gasteiger partial charge in [-0.15, -0.1) is 0 Å². The summed E-state index contributed by atoms with van der Waals surface area (Å²) in [5.41, 5.74) is 0. The first-order valence-electron chi connectivity index (χ1n) is 7.88. The quantitative estimate of drug-likeness (QED) is 0.813. The van der Waals surface area contributed by atoms with Crippen molar-refractivity contribution in [1.82, 2.24) is 10.2 Å². The van der Waals surface area contributed by atoms with Gasteiger partial charge in [-0.25, -0.2) is 0 Å². The van der Waals surface area contributed by atoms with E-state index in [0.29, 0.717) is 12.0 Å². The Morgan fingerprint density at radius 1 is 1.21 bits per heavy atom. The number of nitrogens with zero attached hydrogens (tertiary/aromatic N) is 1. The van der Waals surface area contributed by atoms with Crippen LogP contribution in [0.3, 0.4) is 0 Å². The highest BCUT2D eigenvalue weighted by atomic mass is 16.3. The topological polar surface area (TPSA) is 52.6 Å². The van der Waals surface area contributed by atoms with Crippen molar-refractivity contribution in [3.63, 3.8) is 0 Å². The van der Waals surface area contributed by atoms with Gasteiger partial charge in [0.25, 0.3) is 0 Å². The zero-order chi connectivity index (χ0) is 13.7. The van der Waals surface area contributed by atoms with E-state index in [1.54, 1.807) is 0 Å². The van der Waals surface area contributed by atoms with E-state index in [0.717, 1.165) is 38.8 Å². The summed E-state index contributed by atoms with van der Waals surface area (Å²) >= 11 is 0. The van der Waals surface area contributed by atoms with Crippen LogP contribution in [0, 0.1) is 5.92 Å². The van der Waals surface area contributed by atoms with Crippen LogP contribution < -0.4 is 5.32 Å². The molecule has 0 aromatic carbocycles. The van der Waals surface area contributed by atoms with Gasteiger partial charge in [0.05, 0.1) is 6.04 Å². The van der Waals surface area contributed by atoms with Gasteiger partial charge < -0.3 is 15.3 Å². The second kappa shape index (κ2) is 7.25. The van der Waals surface area contributed by atoms with E-state index in [1.807, 2.05) is 11.8 Å². The first kappa shape index (κ1) is 14.8. The molecule has 0 spiro atoms. The van der Waals surface area contributed by atoms with Crippen LogP contribution in [0.2, 0.25) is 0 Å². The average Bonchev–Trinajstić information content (AvgIpc) is 2.48. The standard InChI is InChI=1S/C15H28N2O2/c1-12(15(19)17-9-5-2-6-10-17)16-14-8-4-3-7-13(14)11-18/h12-14,16,18H,2-11H2,1H3. The number of piperidine rings is 1. The zero-order valence-electron chi connectivity index (χ0n) is 12.1. The highest BCUT2D eigenvalue weighted by Crippen LogP contribution is 2.24. The van der Waals surface area contributed by atoms with E-state index in [2.05, 4.69) is 5.32 Å². The summed E-state index contributed by atoms with van der Waals surface area (Å²) in [7, 11) is 0. The van der Waals surface area contributed by atoms with Crippen molar-refractivity contribution in [3.05, 3.63) is 0 Å². The van der Waals surface area contributed by atoms with Crippen LogP contribution in [-0.2, 0) is 4.79 Å². The Morgan fingerprint density at radius 3 is 2.58 bits per heavy atom. The third-order valence-electron chi connectivity index (χ3n) is 4.65. The second-order valence-corrected chi connectivity index (χ2v) is 6.11. The second-order valence-electron chi connectivity index (χ2n) is 6.11. The summed E-state index contributed by atoms with van der Waals surface area (Å²) in [5, 5.41) is 12.9. The molecule has 3 unspecified atom stereocenters. The van der Waals surface area contributed by atoms with Crippen LogP contribution in [0.15, 0.2) is 0 Å². The minimum absolute atomic E-state index is 0.116. The number of likely N-dealkylation sites (tertiary alicyclic amines) is 1. The van der Waals surface area contributed by atoms with Crippen molar-refractivity contribution in [2.75, 3.05) is 19.7 Å². The van der Waals surface area contributed by atoms with Crippen molar-refractivity contribution in [2.45, 2.75) is 64.0 Å². The number of hydrogen-bond acceptors (Lipinski definition) is 3. The molecule has 2 N–H and O–H groups in total. The van der Waals surface area contributed by atoms with Gasteiger partial charge in [-0.1, -0.05) is 12.8 Å². The number of aliphatic hydroxyl groups is 1. The molecule has 1 amide bonds. The molecule has 1 aliphatic heterocycles. The van der Waals surface area contributed by atoms with E-state index in [9.17, 15) is 9.90 Å². The molecular weight excluding hydrogens is 240 g/mol. The zero-order valence-corrected chi connectivity index (χ0v) is 12.1. The van der Waals surface area contributed by atoms with Crippen LogP contribution in [0.25, 0.3) is 0 Å². The fraction of sp³-hybridized carbons (Fsp3) is 0.933. The van der Waals surface area contributed by atoms with Crippen molar-refractivity contribution in [1.29, 1.82) is 0 Å². The molecule has 1 heterocycles. The number of hydrogen-bond donors (Lipinski definition) is 2. The molecule has 2 fully saturated rings. The third-order valence-corrected chi connectivity index (χ3v) is 4.65. The fourth-order valence-corrected chi connectivity index (χ4v) is 3.43. The summed E-state index contributed by atoms with van der Waals surface area (Å²) in [5.74, 6) is 0.562. The van der Waals surface area contributed by atoms with Gasteiger partial charge in [-0.05, 0) is 44.9 Å². The molecule has 2 rings (SSSR count). The molecular formula is C15H28N2O2. The molecule has 0 aromatic heterocycles. The van der Waals surface area contributed by atoms with Gasteiger partial charge in [0.2, 0.25) is 5.91 Å². The maximum absolute atomic E-state index is 12.4. The molecule has 4 nitrogen and oxygen atoms in total. The van der Waals surface area contributed by atoms with Crippen molar-refractivity contribution < 1.29 is 9.90 Å². The summed E-state index contributed by atoms with van der Waals surface area (Å²) in [6.07, 6.45) is 8.11. The van der Waals surface area contributed by atoms with Crippen molar-refractivity contribution in [2.24, 2.45) is 5.92 Å². The van der Waals surface area contributed by atoms with Gasteiger partial charge in [0.1, 0.15) is 0 Å². The molecule has 1 saturated carbocycles. The average molecular weight is 268 g/mol. The molecule has 1 saturated heterocycles. The normalized spacial score (nSPS) is 30.1. The highest BCUT2D eigenvalue weighted by molar-refractivity contribution is 5.81. The van der Waals surface area contributed by atoms with Crippen LogP contribution in [0.5, 0.6) is 0 Å². The van der Waals surface area contributed by atoms with E-state index >= 15 is 0 Å². The third kappa shape index (κ3) is 3.93. The number of nitrogens with one attached hydrogen (secondary N) is 1. The molecule has 4 heteroatoms. The smallest absolute Gasteiger partial charge is 0.239 e. The molecule has 0 bridgehead atoms. The number of amides is 1. The molecule has 3 atom stereocenters. The highest BCUT2D eigenvalue weighted by Gasteiger charge is 2.29. The summed E-state index contributed by atoms with van der Waals surface area (Å²) in [6, 6.07) is 0.192. The van der Waals surface area contributed by atoms with E-state index in [4.69, 9.17) is 0 Å². The lowest BCUT2D eigenvalue weighted by Crippen LogP contribution is -2.52. The first-order valence-corrected chi connectivity index (χ1v) is 7.88.